The molecule has 2 atom stereocenters. The van der Waals surface area contributed by atoms with E-state index in [1.54, 1.807) is 10.9 Å². The van der Waals surface area contributed by atoms with Gasteiger partial charge in [-0.2, -0.15) is 13.2 Å². The van der Waals surface area contributed by atoms with Gasteiger partial charge in [-0.1, -0.05) is 0 Å². The monoisotopic (exact) mass is 477 g/mol. The quantitative estimate of drug-likeness (QED) is 0.702. The van der Waals surface area contributed by atoms with Gasteiger partial charge in [0.1, 0.15) is 0 Å². The number of nitrogens with zero attached hydrogens (tertiary/aromatic N) is 2. The van der Waals surface area contributed by atoms with Crippen molar-refractivity contribution in [2.45, 2.75) is 68.6 Å². The molecule has 1 aromatic rings. The Kier molecular flexibility index (Phi) is 6.38. The second-order valence-corrected chi connectivity index (χ2v) is 10.3. The maximum Gasteiger partial charge on any atom is 0.511 e. The van der Waals surface area contributed by atoms with Gasteiger partial charge in [0.05, 0.1) is 18.8 Å². The summed E-state index contributed by atoms with van der Waals surface area (Å²) in [4.78, 5) is 18.6. The van der Waals surface area contributed by atoms with Crippen LogP contribution in [0.15, 0.2) is 12.3 Å². The molecule has 0 unspecified atom stereocenters. The minimum Gasteiger partial charge on any atom is -0.467 e. The molecule has 2 fully saturated rings. The number of amides is 1. The molecule has 32 heavy (non-hydrogen) atoms. The van der Waals surface area contributed by atoms with Gasteiger partial charge < -0.3 is 14.4 Å². The fraction of sp³-hybridized carbons (Fsp3) is 0.700. The highest BCUT2D eigenvalue weighted by Crippen LogP contribution is 2.40. The number of pyridine rings is 1. The molecule has 0 spiro atoms. The molecule has 8 nitrogen and oxygen atoms in total. The van der Waals surface area contributed by atoms with Gasteiger partial charge in [0.2, 0.25) is 5.88 Å². The Bertz CT molecular complexity index is 964. The zero-order valence-corrected chi connectivity index (χ0v) is 18.4. The van der Waals surface area contributed by atoms with Gasteiger partial charge in [0.25, 0.3) is 5.91 Å². The van der Waals surface area contributed by atoms with Gasteiger partial charge in [0.15, 0.2) is 6.61 Å². The number of aryl methyl sites for hydroxylation is 1. The van der Waals surface area contributed by atoms with Crippen molar-refractivity contribution in [2.75, 3.05) is 19.8 Å². The molecular weight excluding hydrogens is 451 g/mol. The van der Waals surface area contributed by atoms with Crippen molar-refractivity contribution >= 4 is 15.9 Å². The Morgan fingerprint density at radius 3 is 2.59 bits per heavy atom. The van der Waals surface area contributed by atoms with E-state index >= 15 is 0 Å². The molecule has 12 heteroatoms. The van der Waals surface area contributed by atoms with E-state index in [-0.39, 0.29) is 38.2 Å². The molecule has 3 aliphatic heterocycles. The third kappa shape index (κ3) is 4.58. The fourth-order valence-electron chi connectivity index (χ4n) is 4.90. The molecule has 178 valence electrons. The SMILES string of the molecule is Cc1ccnc2c1C1CCC(CC1)OC[C@H]1[C@@H](NS(=O)(=O)C(F)(F)F)CCN1C(=O)CO2. The van der Waals surface area contributed by atoms with Crippen molar-refractivity contribution in [3.8, 4) is 5.88 Å². The molecule has 4 aliphatic rings. The number of carbonyl (C=O) groups excluding carboxylic acids is 1. The van der Waals surface area contributed by atoms with E-state index in [1.807, 2.05) is 13.0 Å². The zero-order chi connectivity index (χ0) is 23.1. The first-order valence-electron chi connectivity index (χ1n) is 10.6. The van der Waals surface area contributed by atoms with E-state index in [9.17, 15) is 26.4 Å². The van der Waals surface area contributed by atoms with Gasteiger partial charge in [-0.05, 0) is 56.6 Å². The van der Waals surface area contributed by atoms with E-state index in [1.165, 1.54) is 4.90 Å². The number of ether oxygens (including phenoxy) is 2. The Morgan fingerprint density at radius 2 is 1.91 bits per heavy atom. The number of aromatic nitrogens is 1. The number of fused-ring (bicyclic) bond motifs is 5. The van der Waals surface area contributed by atoms with Crippen molar-refractivity contribution in [3.05, 3.63) is 23.4 Å². The summed E-state index contributed by atoms with van der Waals surface area (Å²) in [5, 5.41) is 0. The predicted octanol–water partition coefficient (Wildman–Crippen LogP) is 2.23. The first-order valence-corrected chi connectivity index (χ1v) is 12.1. The second-order valence-electron chi connectivity index (χ2n) is 8.56. The van der Waals surface area contributed by atoms with Gasteiger partial charge >= 0.3 is 15.5 Å². The maximum absolute atomic E-state index is 12.9. The minimum absolute atomic E-state index is 0.0453. The molecule has 4 heterocycles. The Hall–Kier alpha value is -1.92. The number of alkyl halides is 3. The van der Waals surface area contributed by atoms with Crippen LogP contribution in [0.2, 0.25) is 0 Å². The van der Waals surface area contributed by atoms with Crippen LogP contribution in [0.3, 0.4) is 0 Å². The molecule has 1 aromatic heterocycles. The van der Waals surface area contributed by atoms with Crippen LogP contribution in [0.5, 0.6) is 5.88 Å². The molecule has 2 bridgehead atoms. The van der Waals surface area contributed by atoms with E-state index < -0.39 is 33.5 Å². The molecule has 0 radical (unpaired) electrons. The van der Waals surface area contributed by atoms with E-state index in [0.29, 0.717) is 5.88 Å². The maximum atomic E-state index is 12.9. The molecule has 1 N–H and O–H groups in total. The molecule has 1 aliphatic carbocycles. The number of sulfonamides is 1. The average molecular weight is 478 g/mol. The first-order chi connectivity index (χ1) is 15.1. The normalized spacial score (nSPS) is 29.4. The third-order valence-electron chi connectivity index (χ3n) is 6.57. The summed E-state index contributed by atoms with van der Waals surface area (Å²) < 4.78 is 75.5. The molecule has 0 aromatic carbocycles. The smallest absolute Gasteiger partial charge is 0.467 e. The second kappa shape index (κ2) is 8.79. The predicted molar refractivity (Wildman–Crippen MR) is 107 cm³/mol. The number of halogens is 3. The Morgan fingerprint density at radius 1 is 1.19 bits per heavy atom. The first kappa shape index (κ1) is 23.2. The molecule has 1 amide bonds. The van der Waals surface area contributed by atoms with Crippen LogP contribution < -0.4 is 9.46 Å². The summed E-state index contributed by atoms with van der Waals surface area (Å²) in [7, 11) is -5.55. The van der Waals surface area contributed by atoms with Crippen molar-refractivity contribution in [2.24, 2.45) is 0 Å². The van der Waals surface area contributed by atoms with Gasteiger partial charge in [0, 0.05) is 24.3 Å². The van der Waals surface area contributed by atoms with E-state index in [2.05, 4.69) is 4.98 Å². The van der Waals surface area contributed by atoms with Crippen LogP contribution in [-0.4, -0.2) is 67.7 Å². The van der Waals surface area contributed by atoms with Crippen LogP contribution in [0.4, 0.5) is 13.2 Å². The highest BCUT2D eigenvalue weighted by molar-refractivity contribution is 7.90. The van der Waals surface area contributed by atoms with Crippen molar-refractivity contribution in [1.29, 1.82) is 0 Å². The lowest BCUT2D eigenvalue weighted by atomic mass is 9.81. The van der Waals surface area contributed by atoms with Gasteiger partial charge in [-0.3, -0.25) is 4.79 Å². The van der Waals surface area contributed by atoms with Crippen LogP contribution >= 0.6 is 0 Å². The molecule has 1 saturated heterocycles. The fourth-order valence-corrected chi connectivity index (χ4v) is 5.70. The van der Waals surface area contributed by atoms with Crippen LogP contribution in [-0.2, 0) is 19.6 Å². The molecular formula is C20H26F3N3O5S. The summed E-state index contributed by atoms with van der Waals surface area (Å²) in [5.41, 5.74) is -3.42. The van der Waals surface area contributed by atoms with E-state index in [0.717, 1.165) is 36.8 Å². The van der Waals surface area contributed by atoms with Crippen molar-refractivity contribution in [1.82, 2.24) is 14.6 Å². The summed E-state index contributed by atoms with van der Waals surface area (Å²) in [5.74, 6) is 0.167. The molecule has 1 saturated carbocycles. The summed E-state index contributed by atoms with van der Waals surface area (Å²) >= 11 is 0. The standard InChI is InChI=1S/C20H26F3N3O5S/c1-12-6-8-24-19-18(12)13-2-4-14(5-3-13)30-10-16-15(25-32(28,29)20(21,22)23)7-9-26(16)17(27)11-31-19/h6,8,13-16,25H,2-5,7,9-11H2,1H3/t13?,14?,15-,16-/m0/s1. The van der Waals surface area contributed by atoms with Crippen LogP contribution in [0.25, 0.3) is 0 Å². The molecule has 5 rings (SSSR count). The largest absolute Gasteiger partial charge is 0.511 e. The summed E-state index contributed by atoms with van der Waals surface area (Å²) in [6.45, 7) is 1.69. The summed E-state index contributed by atoms with van der Waals surface area (Å²) in [6.07, 6.45) is 4.73. The topological polar surface area (TPSA) is 97.8 Å². The Balaban J connectivity index is 1.60. The zero-order valence-electron chi connectivity index (χ0n) is 17.6. The van der Waals surface area contributed by atoms with E-state index in [4.69, 9.17) is 9.47 Å². The number of hydrogen-bond donors (Lipinski definition) is 1. The van der Waals surface area contributed by atoms with Crippen molar-refractivity contribution in [3.63, 3.8) is 0 Å². The number of carbonyl (C=O) groups is 1. The lowest BCUT2D eigenvalue weighted by molar-refractivity contribution is -0.136. The van der Waals surface area contributed by atoms with Crippen LogP contribution in [0.1, 0.15) is 49.1 Å². The Labute approximate surface area is 184 Å². The third-order valence-corrected chi connectivity index (χ3v) is 7.79. The summed E-state index contributed by atoms with van der Waals surface area (Å²) in [6, 6.07) is -0.0511. The van der Waals surface area contributed by atoms with Crippen molar-refractivity contribution < 1.29 is 35.9 Å². The highest BCUT2D eigenvalue weighted by Gasteiger charge is 2.50. The number of hydrogen-bond acceptors (Lipinski definition) is 6. The number of rotatable bonds is 2. The van der Waals surface area contributed by atoms with Gasteiger partial charge in [-0.25, -0.2) is 18.1 Å². The average Bonchev–Trinajstić information content (AvgIpc) is 3.12. The van der Waals surface area contributed by atoms with Crippen LogP contribution in [0, 0.1) is 6.92 Å². The number of nitrogens with one attached hydrogen (secondary N) is 1. The highest BCUT2D eigenvalue weighted by atomic mass is 32.2. The lowest BCUT2D eigenvalue weighted by Crippen LogP contribution is -2.52. The van der Waals surface area contributed by atoms with Gasteiger partial charge in [-0.15, -0.1) is 0 Å². The minimum atomic E-state index is -5.55. The lowest BCUT2D eigenvalue weighted by Gasteiger charge is -2.32.